The molecule has 3 atom stereocenters. The number of hydrogen-bond donors (Lipinski definition) is 1. The summed E-state index contributed by atoms with van der Waals surface area (Å²) in [6.45, 7) is 3.83. The monoisotopic (exact) mass is 443 g/mol. The van der Waals surface area contributed by atoms with E-state index in [0.717, 1.165) is 19.3 Å². The third-order valence-electron chi connectivity index (χ3n) is 6.75. The minimum Gasteiger partial charge on any atom is -0.748 e. The van der Waals surface area contributed by atoms with Crippen LogP contribution in [0.2, 0.25) is 0 Å². The van der Waals surface area contributed by atoms with Crippen LogP contribution in [0.4, 0.5) is 0 Å². The Hall–Kier alpha value is -0.760. The second-order valence-electron chi connectivity index (χ2n) is 8.56. The Kier molecular flexibility index (Phi) is 5.14. The molecule has 2 unspecified atom stereocenters. The van der Waals surface area contributed by atoms with Crippen LogP contribution in [0.25, 0.3) is 0 Å². The van der Waals surface area contributed by atoms with E-state index >= 15 is 0 Å². The molecule has 0 amide bonds. The van der Waals surface area contributed by atoms with Gasteiger partial charge in [0.1, 0.15) is 5.78 Å². The van der Waals surface area contributed by atoms with Gasteiger partial charge < -0.3 is 10.3 Å². The van der Waals surface area contributed by atoms with E-state index in [1.165, 1.54) is 15.6 Å². The van der Waals surface area contributed by atoms with Gasteiger partial charge in [0, 0.05) is 29.2 Å². The quantitative estimate of drug-likeness (QED) is 0.706. The lowest BCUT2D eigenvalue weighted by Crippen LogP contribution is -2.61. The number of benzene rings is 1. The van der Waals surface area contributed by atoms with E-state index < -0.39 is 21.3 Å². The maximum Gasteiger partial charge on any atom is 0.140 e. The first-order valence-corrected chi connectivity index (χ1v) is 11.4. The zero-order valence-electron chi connectivity index (χ0n) is 15.3. The average molecular weight is 444 g/mol. The van der Waals surface area contributed by atoms with Gasteiger partial charge in [-0.15, -0.1) is 0 Å². The highest BCUT2D eigenvalue weighted by atomic mass is 79.9. The van der Waals surface area contributed by atoms with E-state index in [4.69, 9.17) is 0 Å². The second kappa shape index (κ2) is 6.69. The molecular weight excluding hydrogens is 418 g/mol. The number of fused-ring (bicyclic) bond motifs is 3. The van der Waals surface area contributed by atoms with Crippen LogP contribution in [-0.4, -0.2) is 30.5 Å². The van der Waals surface area contributed by atoms with Gasteiger partial charge in [0.05, 0.1) is 21.9 Å². The van der Waals surface area contributed by atoms with Crippen LogP contribution in [0.3, 0.4) is 0 Å². The molecule has 3 N–H and O–H groups in total. The molecule has 3 aliphatic carbocycles. The summed E-state index contributed by atoms with van der Waals surface area (Å²) in [6.07, 6.45) is 4.18. The van der Waals surface area contributed by atoms with Crippen LogP contribution in [0, 0.1) is 16.7 Å². The molecule has 2 fully saturated rings. The summed E-state index contributed by atoms with van der Waals surface area (Å²) in [7, 11) is -4.33. The fourth-order valence-corrected chi connectivity index (χ4v) is 6.78. The summed E-state index contributed by atoms with van der Waals surface area (Å²) in [5.41, 5.74) is 5.80. The lowest BCUT2D eigenvalue weighted by Gasteiger charge is -2.37. The van der Waals surface area contributed by atoms with Gasteiger partial charge in [0.2, 0.25) is 0 Å². The minimum atomic E-state index is -4.33. The van der Waals surface area contributed by atoms with Crippen molar-refractivity contribution in [2.75, 3.05) is 5.75 Å². The van der Waals surface area contributed by atoms with E-state index in [2.05, 4.69) is 39.9 Å². The predicted octanol–water partition coefficient (Wildman–Crippen LogP) is 2.09. The topological polar surface area (TPSA) is 102 Å². The molecule has 0 heterocycles. The third kappa shape index (κ3) is 3.51. The first kappa shape index (κ1) is 20.0. The maximum absolute atomic E-state index is 11.8. The second-order valence-corrected chi connectivity index (χ2v) is 10.9. The minimum absolute atomic E-state index is 0.0248. The summed E-state index contributed by atoms with van der Waals surface area (Å²) < 4.78 is 33.9. The molecule has 2 saturated carbocycles. The Morgan fingerprint density at radius 3 is 2.42 bits per heavy atom. The largest absolute Gasteiger partial charge is 0.748 e. The number of carbonyl (C=O) groups excluding carboxylic acids is 1. The number of carbonyl (C=O) groups is 1. The molecule has 0 saturated heterocycles. The Morgan fingerprint density at radius 2 is 1.88 bits per heavy atom. The van der Waals surface area contributed by atoms with Crippen molar-refractivity contribution >= 4 is 31.8 Å². The lowest BCUT2D eigenvalue weighted by atomic mass is 9.70. The molecule has 0 aromatic heterocycles. The Morgan fingerprint density at radius 1 is 1.23 bits per heavy atom. The lowest BCUT2D eigenvalue weighted by molar-refractivity contribution is -0.416. The number of ketones is 1. The van der Waals surface area contributed by atoms with Crippen molar-refractivity contribution in [1.29, 1.82) is 0 Å². The van der Waals surface area contributed by atoms with Crippen molar-refractivity contribution in [2.45, 2.75) is 52.0 Å². The van der Waals surface area contributed by atoms with Crippen molar-refractivity contribution < 1.29 is 23.5 Å². The van der Waals surface area contributed by atoms with Crippen LogP contribution in [0.5, 0.6) is 0 Å². The van der Waals surface area contributed by atoms with Crippen molar-refractivity contribution in [3.8, 4) is 0 Å². The molecule has 7 heteroatoms. The summed E-state index contributed by atoms with van der Waals surface area (Å²) in [5.74, 6) is -0.280. The molecule has 0 radical (unpaired) electrons. The fraction of sp³-hybridized carbons (Fsp3) is 0.632. The standard InChI is InChI=1S/C10H16O4S.C9H10BrN/c1-9(2)7-3-4-10(9,8(11)5-7)6-15(12,13)14;10-8-2-1-6-4-9(11)5-7(6)3-8/h7H,3-6H2,1-2H3,(H,12,13,14);1-3,9H,4-5,11H2/t;9-/m.1/s1. The highest BCUT2D eigenvalue weighted by Gasteiger charge is 2.64. The zero-order chi connectivity index (χ0) is 19.3. The van der Waals surface area contributed by atoms with Crippen LogP contribution >= 0.6 is 15.9 Å². The van der Waals surface area contributed by atoms with Crippen LogP contribution in [0.1, 0.15) is 44.2 Å². The van der Waals surface area contributed by atoms with Gasteiger partial charge in [-0.2, -0.15) is 0 Å². The van der Waals surface area contributed by atoms with Gasteiger partial charge >= 0.3 is 0 Å². The van der Waals surface area contributed by atoms with Gasteiger partial charge in [-0.05, 0) is 47.4 Å². The Balaban J connectivity index is 0.000000158. The van der Waals surface area contributed by atoms with Crippen molar-refractivity contribution in [1.82, 2.24) is 0 Å². The summed E-state index contributed by atoms with van der Waals surface area (Å²) in [6, 6.07) is 7.11. The first-order valence-electron chi connectivity index (χ1n) is 9.02. The highest BCUT2D eigenvalue weighted by Crippen LogP contribution is 2.64. The molecule has 5 nitrogen and oxygen atoms in total. The van der Waals surface area contributed by atoms with E-state index in [9.17, 15) is 17.8 Å². The van der Waals surface area contributed by atoms with E-state index in [0.29, 0.717) is 18.9 Å². The summed E-state index contributed by atoms with van der Waals surface area (Å²) >= 11 is 3.46. The van der Waals surface area contributed by atoms with Gasteiger partial charge in [-0.3, -0.25) is 4.79 Å². The zero-order valence-corrected chi connectivity index (χ0v) is 17.7. The number of quaternary nitrogens is 1. The molecular formula is C19H26BrNO4S. The van der Waals surface area contributed by atoms with E-state index in [-0.39, 0.29) is 17.1 Å². The predicted molar refractivity (Wildman–Crippen MR) is 101 cm³/mol. The molecule has 1 aromatic carbocycles. The van der Waals surface area contributed by atoms with E-state index in [1.54, 1.807) is 0 Å². The van der Waals surface area contributed by atoms with Crippen molar-refractivity contribution in [3.63, 3.8) is 0 Å². The van der Waals surface area contributed by atoms with Crippen molar-refractivity contribution in [2.24, 2.45) is 16.7 Å². The number of rotatable bonds is 2. The average Bonchev–Trinajstić information content (AvgIpc) is 3.03. The first-order chi connectivity index (χ1) is 11.9. The maximum atomic E-state index is 11.8. The molecule has 144 valence electrons. The third-order valence-corrected chi connectivity index (χ3v) is 8.09. The summed E-state index contributed by atoms with van der Waals surface area (Å²) in [5, 5.41) is 0. The molecule has 1 aromatic rings. The van der Waals surface area contributed by atoms with Crippen LogP contribution in [0.15, 0.2) is 22.7 Å². The highest BCUT2D eigenvalue weighted by molar-refractivity contribution is 9.10. The molecule has 4 rings (SSSR count). The number of halogens is 1. The van der Waals surface area contributed by atoms with E-state index in [1.807, 2.05) is 13.8 Å². The summed E-state index contributed by atoms with van der Waals surface area (Å²) in [4.78, 5) is 11.8. The Bertz CT molecular complexity index is 836. The molecule has 0 aliphatic heterocycles. The Labute approximate surface area is 163 Å². The normalized spacial score (nSPS) is 31.5. The SMILES string of the molecule is CC1(C)C2CCC1(CS(=O)(=O)[O-])C(=O)C2.[NH3+][C@@H]1Cc2ccc(Br)cc2C1. The van der Waals surface area contributed by atoms with Crippen LogP contribution in [-0.2, 0) is 27.8 Å². The molecule has 26 heavy (non-hydrogen) atoms. The number of hydrogen-bond acceptors (Lipinski definition) is 4. The smallest absolute Gasteiger partial charge is 0.140 e. The van der Waals surface area contributed by atoms with Gasteiger partial charge in [-0.25, -0.2) is 8.42 Å². The van der Waals surface area contributed by atoms with Crippen molar-refractivity contribution in [3.05, 3.63) is 33.8 Å². The molecule has 3 aliphatic rings. The fourth-order valence-electron chi connectivity index (χ4n) is 5.09. The van der Waals surface area contributed by atoms with Gasteiger partial charge in [0.15, 0.2) is 0 Å². The molecule has 0 spiro atoms. The molecule has 2 bridgehead atoms. The van der Waals surface area contributed by atoms with Crippen LogP contribution < -0.4 is 5.73 Å². The number of Topliss-reactive ketones (excluding diaryl/α,β-unsaturated/α-hetero) is 1. The van der Waals surface area contributed by atoms with Gasteiger partial charge in [-0.1, -0.05) is 35.8 Å². The van der Waals surface area contributed by atoms with Gasteiger partial charge in [0.25, 0.3) is 0 Å².